The second-order valence-corrected chi connectivity index (χ2v) is 6.50. The lowest BCUT2D eigenvalue weighted by Gasteiger charge is -2.26. The van der Waals surface area contributed by atoms with Crippen molar-refractivity contribution in [2.24, 2.45) is 10.3 Å². The van der Waals surface area contributed by atoms with E-state index in [0.29, 0.717) is 0 Å². The molecule has 0 amide bonds. The Kier molecular flexibility index (Phi) is 8.46. The van der Waals surface area contributed by atoms with Crippen LogP contribution in [0.15, 0.2) is 28.5 Å². The first-order valence-electron chi connectivity index (χ1n) is 9.12. The zero-order valence-corrected chi connectivity index (χ0v) is 17.0. The number of hydrogen-bond donors (Lipinski definition) is 0. The van der Waals surface area contributed by atoms with E-state index in [1.807, 2.05) is 27.7 Å². The van der Waals surface area contributed by atoms with Crippen LogP contribution in [0.1, 0.15) is 57.5 Å². The molecule has 0 saturated heterocycles. The molecule has 0 unspecified atom stereocenters. The topological polar surface area (TPSA) is 80.6 Å². The molecule has 1 aromatic rings. The predicted octanol–water partition coefficient (Wildman–Crippen LogP) is 4.64. The fourth-order valence-corrected chi connectivity index (χ4v) is 2.45. The van der Waals surface area contributed by atoms with Crippen LogP contribution in [0.25, 0.3) is 0 Å². The standard InChI is InChI=1S/C19H27F2N3O4/c1-7-27-17(25)14-9-10-16(22-23-24(12(3)4)13(5)6)15(11-14)19(20,21)18(26)28-8-2/h9-13H,7-8H2,1-6H3. The summed E-state index contributed by atoms with van der Waals surface area (Å²) in [4.78, 5) is 23.7. The third kappa shape index (κ3) is 5.71. The molecule has 0 heterocycles. The third-order valence-corrected chi connectivity index (χ3v) is 3.69. The second-order valence-electron chi connectivity index (χ2n) is 6.50. The number of nitrogens with zero attached hydrogens (tertiary/aromatic N) is 3. The molecule has 0 aliphatic heterocycles. The lowest BCUT2D eigenvalue weighted by Crippen LogP contribution is -2.31. The van der Waals surface area contributed by atoms with Crippen molar-refractivity contribution >= 4 is 17.6 Å². The van der Waals surface area contributed by atoms with E-state index in [1.54, 1.807) is 11.9 Å². The summed E-state index contributed by atoms with van der Waals surface area (Å²) in [5, 5.41) is 9.59. The maximum Gasteiger partial charge on any atom is 0.382 e. The van der Waals surface area contributed by atoms with Crippen LogP contribution in [0.4, 0.5) is 14.5 Å². The number of esters is 2. The molecule has 0 atom stereocenters. The van der Waals surface area contributed by atoms with Crippen molar-refractivity contribution in [3.8, 4) is 0 Å². The van der Waals surface area contributed by atoms with Crippen LogP contribution in [0.3, 0.4) is 0 Å². The molecule has 9 heteroatoms. The minimum atomic E-state index is -4.01. The summed E-state index contributed by atoms with van der Waals surface area (Å²) in [5.41, 5.74) is -1.13. The Labute approximate surface area is 163 Å². The molecule has 0 saturated carbocycles. The molecule has 7 nitrogen and oxygen atoms in total. The molecular weight excluding hydrogens is 372 g/mol. The van der Waals surface area contributed by atoms with Crippen LogP contribution in [0.2, 0.25) is 0 Å². The maximum absolute atomic E-state index is 14.7. The van der Waals surface area contributed by atoms with Crippen LogP contribution >= 0.6 is 0 Å². The van der Waals surface area contributed by atoms with Crippen molar-refractivity contribution in [3.63, 3.8) is 0 Å². The Balaban J connectivity index is 3.46. The van der Waals surface area contributed by atoms with Gasteiger partial charge in [0.05, 0.1) is 30.0 Å². The average molecular weight is 399 g/mol. The first-order valence-corrected chi connectivity index (χ1v) is 9.12. The Morgan fingerprint density at radius 1 is 1.07 bits per heavy atom. The molecule has 0 bridgehead atoms. The number of carbonyl (C=O) groups excluding carboxylic acids is 2. The van der Waals surface area contributed by atoms with Gasteiger partial charge in [-0.1, -0.05) is 5.22 Å². The normalized spacial score (nSPS) is 11.9. The molecule has 0 fully saturated rings. The predicted molar refractivity (Wildman–Crippen MR) is 99.6 cm³/mol. The van der Waals surface area contributed by atoms with Gasteiger partial charge < -0.3 is 9.47 Å². The van der Waals surface area contributed by atoms with Crippen molar-refractivity contribution in [2.45, 2.75) is 59.5 Å². The van der Waals surface area contributed by atoms with Gasteiger partial charge in [0.1, 0.15) is 0 Å². The van der Waals surface area contributed by atoms with Gasteiger partial charge in [0.25, 0.3) is 0 Å². The molecular formula is C19H27F2N3O4. The van der Waals surface area contributed by atoms with E-state index in [4.69, 9.17) is 4.74 Å². The number of rotatable bonds is 9. The van der Waals surface area contributed by atoms with Crippen LogP contribution < -0.4 is 0 Å². The number of benzene rings is 1. The van der Waals surface area contributed by atoms with Crippen molar-refractivity contribution < 1.29 is 27.8 Å². The van der Waals surface area contributed by atoms with Crippen molar-refractivity contribution in [1.29, 1.82) is 0 Å². The van der Waals surface area contributed by atoms with Gasteiger partial charge in [0, 0.05) is 12.1 Å². The van der Waals surface area contributed by atoms with Crippen LogP contribution in [-0.2, 0) is 20.2 Å². The first-order chi connectivity index (χ1) is 13.1. The zero-order chi connectivity index (χ0) is 21.5. The third-order valence-electron chi connectivity index (χ3n) is 3.69. The van der Waals surface area contributed by atoms with Gasteiger partial charge in [-0.15, -0.1) is 5.11 Å². The van der Waals surface area contributed by atoms with Crippen LogP contribution in [0, 0.1) is 0 Å². The van der Waals surface area contributed by atoms with Gasteiger partial charge in [-0.05, 0) is 59.7 Å². The van der Waals surface area contributed by atoms with Crippen molar-refractivity contribution in [2.75, 3.05) is 13.2 Å². The molecule has 0 aliphatic carbocycles. The summed E-state index contributed by atoms with van der Waals surface area (Å²) < 4.78 is 38.8. The molecule has 28 heavy (non-hydrogen) atoms. The van der Waals surface area contributed by atoms with E-state index in [9.17, 15) is 18.4 Å². The summed E-state index contributed by atoms with van der Waals surface area (Å²) in [6.07, 6.45) is 0. The van der Waals surface area contributed by atoms with E-state index >= 15 is 0 Å². The minimum Gasteiger partial charge on any atom is -0.462 e. The summed E-state index contributed by atoms with van der Waals surface area (Å²) in [6, 6.07) is 3.36. The van der Waals surface area contributed by atoms with E-state index in [-0.39, 0.29) is 36.5 Å². The smallest absolute Gasteiger partial charge is 0.382 e. The van der Waals surface area contributed by atoms with Gasteiger partial charge in [-0.25, -0.2) is 9.59 Å². The molecule has 0 aromatic heterocycles. The Morgan fingerprint density at radius 3 is 2.14 bits per heavy atom. The van der Waals surface area contributed by atoms with Gasteiger partial charge in [0.15, 0.2) is 0 Å². The lowest BCUT2D eigenvalue weighted by atomic mass is 10.0. The number of hydrogen-bond acceptors (Lipinski definition) is 6. The van der Waals surface area contributed by atoms with E-state index in [1.165, 1.54) is 19.1 Å². The summed E-state index contributed by atoms with van der Waals surface area (Å²) in [5.74, 6) is -6.51. The number of halogens is 2. The fourth-order valence-electron chi connectivity index (χ4n) is 2.45. The zero-order valence-electron chi connectivity index (χ0n) is 17.0. The maximum atomic E-state index is 14.7. The van der Waals surface area contributed by atoms with E-state index in [0.717, 1.165) is 6.07 Å². The monoisotopic (exact) mass is 399 g/mol. The Morgan fingerprint density at radius 2 is 1.64 bits per heavy atom. The summed E-state index contributed by atoms with van der Waals surface area (Å²) >= 11 is 0. The molecule has 0 N–H and O–H groups in total. The summed E-state index contributed by atoms with van der Waals surface area (Å²) in [6.45, 7) is 10.4. The van der Waals surface area contributed by atoms with Crippen LogP contribution in [0.5, 0.6) is 0 Å². The lowest BCUT2D eigenvalue weighted by molar-refractivity contribution is -0.173. The Hall–Kier alpha value is -2.58. The van der Waals surface area contributed by atoms with E-state index < -0.39 is 23.4 Å². The molecule has 0 aliphatic rings. The summed E-state index contributed by atoms with van der Waals surface area (Å²) in [7, 11) is 0. The SMILES string of the molecule is CCOC(=O)c1ccc(N=NN(C(C)C)C(C)C)c(C(F)(F)C(=O)OCC)c1. The van der Waals surface area contributed by atoms with E-state index in [2.05, 4.69) is 15.1 Å². The minimum absolute atomic E-state index is 0.0171. The number of alkyl halides is 2. The second kappa shape index (κ2) is 10.1. The highest BCUT2D eigenvalue weighted by atomic mass is 19.3. The van der Waals surface area contributed by atoms with Crippen LogP contribution in [-0.4, -0.2) is 42.2 Å². The molecule has 1 rings (SSSR count). The number of carbonyl (C=O) groups is 2. The average Bonchev–Trinajstić information content (AvgIpc) is 2.61. The molecule has 156 valence electrons. The van der Waals surface area contributed by atoms with Gasteiger partial charge in [-0.2, -0.15) is 8.78 Å². The van der Waals surface area contributed by atoms with Crippen molar-refractivity contribution in [1.82, 2.24) is 5.01 Å². The fraction of sp³-hybridized carbons (Fsp3) is 0.579. The molecule has 1 aromatic carbocycles. The highest BCUT2D eigenvalue weighted by molar-refractivity contribution is 5.91. The highest BCUT2D eigenvalue weighted by Gasteiger charge is 2.45. The molecule has 0 spiro atoms. The molecule has 0 radical (unpaired) electrons. The first kappa shape index (κ1) is 23.5. The quantitative estimate of drug-likeness (QED) is 0.343. The van der Waals surface area contributed by atoms with Gasteiger partial charge in [-0.3, -0.25) is 5.01 Å². The van der Waals surface area contributed by atoms with Gasteiger partial charge >= 0.3 is 17.9 Å². The highest BCUT2D eigenvalue weighted by Crippen LogP contribution is 2.37. The van der Waals surface area contributed by atoms with Gasteiger partial charge in [0.2, 0.25) is 0 Å². The number of ether oxygens (including phenoxy) is 2. The largest absolute Gasteiger partial charge is 0.462 e. The van der Waals surface area contributed by atoms with Crippen molar-refractivity contribution in [3.05, 3.63) is 29.3 Å². The Bertz CT molecular complexity index is 713.